The minimum Gasteiger partial charge on any atom is -0.311 e. The fraction of sp³-hybridized carbons (Fsp3) is 0.214. The molecule has 4 heteroatoms. The van der Waals surface area contributed by atoms with E-state index in [1.165, 1.54) is 0 Å². The Morgan fingerprint density at radius 3 is 2.83 bits per heavy atom. The van der Waals surface area contributed by atoms with Crippen molar-refractivity contribution >= 4 is 10.9 Å². The van der Waals surface area contributed by atoms with Gasteiger partial charge < -0.3 is 4.57 Å². The highest BCUT2D eigenvalue weighted by Crippen LogP contribution is 2.27. The molecule has 3 rings (SSSR count). The van der Waals surface area contributed by atoms with Crippen LogP contribution in [-0.2, 0) is 0 Å². The summed E-state index contributed by atoms with van der Waals surface area (Å²) in [6, 6.07) is 10.4. The summed E-state index contributed by atoms with van der Waals surface area (Å²) in [5.74, 6) is 0.892. The number of hydrogen-bond donors (Lipinski definition) is 0. The molecule has 0 radical (unpaired) electrons. The molecule has 2 heterocycles. The molecule has 0 bridgehead atoms. The van der Waals surface area contributed by atoms with Crippen LogP contribution in [0.3, 0.4) is 0 Å². The SMILES string of the molecule is CC(C)n1cnnc1-c1cccc2ncccc12. The lowest BCUT2D eigenvalue weighted by molar-refractivity contribution is 0.604. The molecule has 1 aromatic carbocycles. The van der Waals surface area contributed by atoms with Gasteiger partial charge in [0.25, 0.3) is 0 Å². The third-order valence-electron chi connectivity index (χ3n) is 3.02. The van der Waals surface area contributed by atoms with E-state index in [0.29, 0.717) is 6.04 Å². The van der Waals surface area contributed by atoms with E-state index >= 15 is 0 Å². The standard InChI is InChI=1S/C14H14N4/c1-10(2)18-9-16-17-14(18)12-5-3-7-13-11(12)6-4-8-15-13/h3-10H,1-2H3. The Balaban J connectivity index is 2.28. The van der Waals surface area contributed by atoms with Crippen molar-refractivity contribution < 1.29 is 0 Å². The van der Waals surface area contributed by atoms with E-state index in [4.69, 9.17) is 0 Å². The lowest BCUT2D eigenvalue weighted by Gasteiger charge is -2.11. The van der Waals surface area contributed by atoms with Gasteiger partial charge in [-0.1, -0.05) is 18.2 Å². The van der Waals surface area contributed by atoms with Gasteiger partial charge in [0.15, 0.2) is 5.82 Å². The summed E-state index contributed by atoms with van der Waals surface area (Å²) in [5, 5.41) is 9.37. The number of hydrogen-bond acceptors (Lipinski definition) is 3. The molecule has 0 spiro atoms. The maximum Gasteiger partial charge on any atom is 0.164 e. The summed E-state index contributed by atoms with van der Waals surface area (Å²) in [6.07, 6.45) is 3.58. The Labute approximate surface area is 105 Å². The molecule has 18 heavy (non-hydrogen) atoms. The largest absolute Gasteiger partial charge is 0.311 e. The molecule has 0 atom stereocenters. The van der Waals surface area contributed by atoms with Crippen LogP contribution in [0.15, 0.2) is 42.9 Å². The number of aromatic nitrogens is 4. The maximum atomic E-state index is 4.37. The molecule has 0 N–H and O–H groups in total. The van der Waals surface area contributed by atoms with Crippen molar-refractivity contribution in [3.63, 3.8) is 0 Å². The maximum absolute atomic E-state index is 4.37. The fourth-order valence-electron chi connectivity index (χ4n) is 2.11. The minimum absolute atomic E-state index is 0.335. The molecule has 0 aliphatic rings. The number of fused-ring (bicyclic) bond motifs is 1. The van der Waals surface area contributed by atoms with Crippen molar-refractivity contribution in [1.29, 1.82) is 0 Å². The molecule has 0 saturated heterocycles. The number of benzene rings is 1. The summed E-state index contributed by atoms with van der Waals surface area (Å²) in [4.78, 5) is 4.37. The first-order valence-electron chi connectivity index (χ1n) is 6.01. The van der Waals surface area contributed by atoms with Crippen LogP contribution in [-0.4, -0.2) is 19.7 Å². The van der Waals surface area contributed by atoms with Gasteiger partial charge in [0.2, 0.25) is 0 Å². The van der Waals surface area contributed by atoms with Gasteiger partial charge in [-0.25, -0.2) is 0 Å². The van der Waals surface area contributed by atoms with Crippen LogP contribution >= 0.6 is 0 Å². The van der Waals surface area contributed by atoms with Crippen LogP contribution in [0.5, 0.6) is 0 Å². The first-order valence-corrected chi connectivity index (χ1v) is 6.01. The molecule has 2 aromatic heterocycles. The summed E-state index contributed by atoms with van der Waals surface area (Å²) >= 11 is 0. The van der Waals surface area contributed by atoms with Crippen LogP contribution in [0.1, 0.15) is 19.9 Å². The molecule has 0 aliphatic heterocycles. The molecule has 0 saturated carbocycles. The first-order chi connectivity index (χ1) is 8.77. The molecular formula is C14H14N4. The molecule has 0 amide bonds. The Morgan fingerprint density at radius 1 is 1.11 bits per heavy atom. The van der Waals surface area contributed by atoms with Gasteiger partial charge in [-0.15, -0.1) is 10.2 Å². The lowest BCUT2D eigenvalue weighted by atomic mass is 10.1. The van der Waals surface area contributed by atoms with Crippen molar-refractivity contribution in [2.24, 2.45) is 0 Å². The summed E-state index contributed by atoms with van der Waals surface area (Å²) in [5.41, 5.74) is 2.06. The number of pyridine rings is 1. The molecule has 90 valence electrons. The van der Waals surface area contributed by atoms with Crippen molar-refractivity contribution in [2.75, 3.05) is 0 Å². The zero-order valence-electron chi connectivity index (χ0n) is 10.4. The summed E-state index contributed by atoms with van der Waals surface area (Å²) in [7, 11) is 0. The Bertz CT molecular complexity index is 680. The highest BCUT2D eigenvalue weighted by Gasteiger charge is 2.12. The van der Waals surface area contributed by atoms with E-state index in [1.54, 1.807) is 12.5 Å². The van der Waals surface area contributed by atoms with Gasteiger partial charge in [0, 0.05) is 23.2 Å². The van der Waals surface area contributed by atoms with E-state index in [1.807, 2.05) is 18.2 Å². The van der Waals surface area contributed by atoms with Gasteiger partial charge in [-0.05, 0) is 26.0 Å². The van der Waals surface area contributed by atoms with Crippen LogP contribution in [0.4, 0.5) is 0 Å². The number of rotatable bonds is 2. The Morgan fingerprint density at radius 2 is 2.00 bits per heavy atom. The van der Waals surface area contributed by atoms with Crippen molar-refractivity contribution in [1.82, 2.24) is 19.7 Å². The molecular weight excluding hydrogens is 224 g/mol. The summed E-state index contributed by atoms with van der Waals surface area (Å²) < 4.78 is 2.07. The van der Waals surface area contributed by atoms with Crippen molar-refractivity contribution in [3.8, 4) is 11.4 Å². The average Bonchev–Trinajstić information content (AvgIpc) is 2.87. The molecule has 0 aliphatic carbocycles. The van der Waals surface area contributed by atoms with Gasteiger partial charge in [0.1, 0.15) is 6.33 Å². The molecule has 4 nitrogen and oxygen atoms in total. The van der Waals surface area contributed by atoms with E-state index in [2.05, 4.69) is 45.7 Å². The van der Waals surface area contributed by atoms with Gasteiger partial charge in [0.05, 0.1) is 5.52 Å². The van der Waals surface area contributed by atoms with E-state index in [-0.39, 0.29) is 0 Å². The van der Waals surface area contributed by atoms with Crippen LogP contribution in [0.2, 0.25) is 0 Å². The van der Waals surface area contributed by atoms with E-state index in [9.17, 15) is 0 Å². The highest BCUT2D eigenvalue weighted by atomic mass is 15.3. The number of nitrogens with zero attached hydrogens (tertiary/aromatic N) is 4. The molecule has 0 unspecified atom stereocenters. The first kappa shape index (κ1) is 10.9. The smallest absolute Gasteiger partial charge is 0.164 e. The van der Waals surface area contributed by atoms with Gasteiger partial charge >= 0.3 is 0 Å². The predicted molar refractivity (Wildman–Crippen MR) is 71.1 cm³/mol. The predicted octanol–water partition coefficient (Wildman–Crippen LogP) is 3.07. The van der Waals surface area contributed by atoms with Crippen molar-refractivity contribution in [2.45, 2.75) is 19.9 Å². The molecule has 0 fully saturated rings. The van der Waals surface area contributed by atoms with E-state index < -0.39 is 0 Å². The quantitative estimate of drug-likeness (QED) is 0.689. The zero-order chi connectivity index (χ0) is 12.5. The van der Waals surface area contributed by atoms with Gasteiger partial charge in [-0.2, -0.15) is 0 Å². The third kappa shape index (κ3) is 1.66. The second kappa shape index (κ2) is 4.22. The van der Waals surface area contributed by atoms with E-state index in [0.717, 1.165) is 22.3 Å². The minimum atomic E-state index is 0.335. The zero-order valence-corrected chi connectivity index (χ0v) is 10.4. The normalized spacial score (nSPS) is 11.3. The Kier molecular flexibility index (Phi) is 2.55. The lowest BCUT2D eigenvalue weighted by Crippen LogP contribution is -2.02. The average molecular weight is 238 g/mol. The Hall–Kier alpha value is -2.23. The monoisotopic (exact) mass is 238 g/mol. The van der Waals surface area contributed by atoms with Crippen LogP contribution in [0, 0.1) is 0 Å². The van der Waals surface area contributed by atoms with Crippen molar-refractivity contribution in [3.05, 3.63) is 42.9 Å². The van der Waals surface area contributed by atoms with Crippen LogP contribution in [0.25, 0.3) is 22.3 Å². The van der Waals surface area contributed by atoms with Crippen LogP contribution < -0.4 is 0 Å². The highest BCUT2D eigenvalue weighted by molar-refractivity contribution is 5.92. The second-order valence-corrected chi connectivity index (χ2v) is 4.53. The third-order valence-corrected chi connectivity index (χ3v) is 3.02. The molecule has 3 aromatic rings. The topological polar surface area (TPSA) is 43.6 Å². The fourth-order valence-corrected chi connectivity index (χ4v) is 2.11. The van der Waals surface area contributed by atoms with Gasteiger partial charge in [-0.3, -0.25) is 4.98 Å². The second-order valence-electron chi connectivity index (χ2n) is 4.53. The summed E-state index contributed by atoms with van der Waals surface area (Å²) in [6.45, 7) is 4.24.